The van der Waals surface area contributed by atoms with Gasteiger partial charge in [-0.25, -0.2) is 4.39 Å². The van der Waals surface area contributed by atoms with E-state index in [2.05, 4.69) is 17.1 Å². The van der Waals surface area contributed by atoms with Gasteiger partial charge in [0.15, 0.2) is 11.6 Å². The minimum Gasteiger partial charge on any atom is -0.494 e. The first-order valence-corrected chi connectivity index (χ1v) is 6.80. The molecule has 0 aliphatic rings. The number of halogens is 1. The molecule has 1 atom stereocenters. The van der Waals surface area contributed by atoms with E-state index in [9.17, 15) is 4.39 Å². The van der Waals surface area contributed by atoms with E-state index in [-0.39, 0.29) is 11.9 Å². The van der Waals surface area contributed by atoms with Gasteiger partial charge in [0.05, 0.1) is 7.11 Å². The van der Waals surface area contributed by atoms with Crippen LogP contribution >= 0.6 is 0 Å². The van der Waals surface area contributed by atoms with Crippen molar-refractivity contribution in [2.75, 3.05) is 34.3 Å². The molecular formula is C15H25FN2O. The van der Waals surface area contributed by atoms with Crippen molar-refractivity contribution in [2.45, 2.75) is 25.8 Å². The smallest absolute Gasteiger partial charge is 0.165 e. The fourth-order valence-corrected chi connectivity index (χ4v) is 1.99. The Morgan fingerprint density at radius 3 is 2.63 bits per heavy atom. The second-order valence-electron chi connectivity index (χ2n) is 4.99. The molecule has 108 valence electrons. The summed E-state index contributed by atoms with van der Waals surface area (Å²) in [5.41, 5.74) is 0.980. The maximum atomic E-state index is 13.8. The Kier molecular flexibility index (Phi) is 6.81. The number of hydrogen-bond donors (Lipinski definition) is 1. The lowest BCUT2D eigenvalue weighted by Crippen LogP contribution is -2.26. The molecule has 0 aliphatic carbocycles. The Hall–Kier alpha value is -1.13. The van der Waals surface area contributed by atoms with Gasteiger partial charge in [-0.2, -0.15) is 0 Å². The third-order valence-corrected chi connectivity index (χ3v) is 3.08. The Morgan fingerprint density at radius 1 is 1.37 bits per heavy atom. The summed E-state index contributed by atoms with van der Waals surface area (Å²) in [7, 11) is 5.58. The minimum absolute atomic E-state index is 0.183. The summed E-state index contributed by atoms with van der Waals surface area (Å²) in [5, 5.41) is 3.47. The maximum Gasteiger partial charge on any atom is 0.165 e. The van der Waals surface area contributed by atoms with E-state index in [1.54, 1.807) is 12.1 Å². The van der Waals surface area contributed by atoms with Crippen molar-refractivity contribution in [2.24, 2.45) is 0 Å². The van der Waals surface area contributed by atoms with Crippen LogP contribution in [0.25, 0.3) is 0 Å². The molecule has 4 heteroatoms. The van der Waals surface area contributed by atoms with Crippen molar-refractivity contribution in [3.63, 3.8) is 0 Å². The van der Waals surface area contributed by atoms with Crippen LogP contribution in [0.2, 0.25) is 0 Å². The van der Waals surface area contributed by atoms with E-state index in [0.29, 0.717) is 5.75 Å². The van der Waals surface area contributed by atoms with Gasteiger partial charge in [0, 0.05) is 6.04 Å². The molecule has 1 unspecified atom stereocenters. The average Bonchev–Trinajstić information content (AvgIpc) is 2.38. The summed E-state index contributed by atoms with van der Waals surface area (Å²) in [5.74, 6) is -0.00115. The van der Waals surface area contributed by atoms with E-state index in [1.165, 1.54) is 7.11 Å². The van der Waals surface area contributed by atoms with Gasteiger partial charge in [-0.1, -0.05) is 13.0 Å². The zero-order valence-electron chi connectivity index (χ0n) is 12.4. The molecule has 1 aromatic carbocycles. The number of hydrogen-bond acceptors (Lipinski definition) is 3. The molecule has 0 radical (unpaired) electrons. The fraction of sp³-hybridized carbons (Fsp3) is 0.600. The highest BCUT2D eigenvalue weighted by Gasteiger charge is 2.13. The SMILES string of the molecule is CCCNC(CCN(C)C)c1ccc(OC)c(F)c1. The molecular weight excluding hydrogens is 243 g/mol. The first-order valence-electron chi connectivity index (χ1n) is 6.80. The van der Waals surface area contributed by atoms with Gasteiger partial charge >= 0.3 is 0 Å². The van der Waals surface area contributed by atoms with Crippen LogP contribution in [0.15, 0.2) is 18.2 Å². The molecule has 0 amide bonds. The van der Waals surface area contributed by atoms with Gasteiger partial charge in [0.25, 0.3) is 0 Å². The lowest BCUT2D eigenvalue weighted by molar-refractivity contribution is 0.358. The zero-order valence-corrected chi connectivity index (χ0v) is 12.4. The summed E-state index contributed by atoms with van der Waals surface area (Å²) < 4.78 is 18.7. The highest BCUT2D eigenvalue weighted by Crippen LogP contribution is 2.23. The molecule has 3 nitrogen and oxygen atoms in total. The molecule has 19 heavy (non-hydrogen) atoms. The molecule has 0 heterocycles. The molecule has 1 aromatic rings. The van der Waals surface area contributed by atoms with Crippen molar-refractivity contribution in [1.29, 1.82) is 0 Å². The summed E-state index contributed by atoms with van der Waals surface area (Å²) in [6.07, 6.45) is 2.02. The van der Waals surface area contributed by atoms with Crippen LogP contribution in [0, 0.1) is 5.82 Å². The van der Waals surface area contributed by atoms with Gasteiger partial charge in [-0.05, 0) is 57.7 Å². The Balaban J connectivity index is 2.80. The van der Waals surface area contributed by atoms with Gasteiger partial charge in [-0.3, -0.25) is 0 Å². The van der Waals surface area contributed by atoms with Crippen LogP contribution in [0.5, 0.6) is 5.75 Å². The largest absolute Gasteiger partial charge is 0.494 e. The van der Waals surface area contributed by atoms with Crippen molar-refractivity contribution >= 4 is 0 Å². The molecule has 0 saturated heterocycles. The van der Waals surface area contributed by atoms with Gasteiger partial charge in [0.2, 0.25) is 0 Å². The predicted octanol–water partition coefficient (Wildman–Crippen LogP) is 2.83. The second-order valence-corrected chi connectivity index (χ2v) is 4.99. The highest BCUT2D eigenvalue weighted by atomic mass is 19.1. The van der Waals surface area contributed by atoms with Gasteiger partial charge in [-0.15, -0.1) is 0 Å². The monoisotopic (exact) mass is 268 g/mol. The first kappa shape index (κ1) is 15.9. The first-order chi connectivity index (χ1) is 9.08. The Bertz CT molecular complexity index is 382. The number of methoxy groups -OCH3 is 1. The van der Waals surface area contributed by atoms with Crippen molar-refractivity contribution in [1.82, 2.24) is 10.2 Å². The highest BCUT2D eigenvalue weighted by molar-refractivity contribution is 5.31. The molecule has 0 aliphatic heterocycles. The van der Waals surface area contributed by atoms with E-state index in [1.807, 2.05) is 20.2 Å². The van der Waals surface area contributed by atoms with Gasteiger partial charge < -0.3 is 15.0 Å². The van der Waals surface area contributed by atoms with E-state index < -0.39 is 0 Å². The average molecular weight is 268 g/mol. The number of benzene rings is 1. The number of rotatable bonds is 8. The third kappa shape index (κ3) is 5.17. The van der Waals surface area contributed by atoms with Crippen LogP contribution < -0.4 is 10.1 Å². The van der Waals surface area contributed by atoms with E-state index >= 15 is 0 Å². The summed E-state index contributed by atoms with van der Waals surface area (Å²) in [4.78, 5) is 2.14. The van der Waals surface area contributed by atoms with Crippen molar-refractivity contribution in [3.8, 4) is 5.75 Å². The molecule has 0 aromatic heterocycles. The van der Waals surface area contributed by atoms with Crippen LogP contribution in [-0.4, -0.2) is 39.2 Å². The van der Waals surface area contributed by atoms with Crippen LogP contribution in [0.4, 0.5) is 4.39 Å². The molecule has 1 N–H and O–H groups in total. The van der Waals surface area contributed by atoms with E-state index in [4.69, 9.17) is 4.74 Å². The van der Waals surface area contributed by atoms with E-state index in [0.717, 1.165) is 31.5 Å². The maximum absolute atomic E-state index is 13.8. The standard InChI is InChI=1S/C15H25FN2O/c1-5-9-17-14(8-10-18(2)3)12-6-7-15(19-4)13(16)11-12/h6-7,11,14,17H,5,8-10H2,1-4H3. The number of ether oxygens (including phenoxy) is 1. The Labute approximate surface area is 115 Å². The summed E-state index contributed by atoms with van der Waals surface area (Å²) in [6, 6.07) is 5.39. The normalized spacial score (nSPS) is 12.7. The molecule has 1 rings (SSSR count). The zero-order chi connectivity index (χ0) is 14.3. The Morgan fingerprint density at radius 2 is 2.11 bits per heavy atom. The fourth-order valence-electron chi connectivity index (χ4n) is 1.99. The molecule has 0 spiro atoms. The predicted molar refractivity (Wildman–Crippen MR) is 77.2 cm³/mol. The third-order valence-electron chi connectivity index (χ3n) is 3.08. The molecule has 0 bridgehead atoms. The molecule has 0 saturated carbocycles. The second kappa shape index (κ2) is 8.12. The van der Waals surface area contributed by atoms with Crippen molar-refractivity contribution < 1.29 is 9.13 Å². The molecule has 0 fully saturated rings. The lowest BCUT2D eigenvalue weighted by atomic mass is 10.0. The van der Waals surface area contributed by atoms with Crippen LogP contribution in [0.3, 0.4) is 0 Å². The number of nitrogens with one attached hydrogen (secondary N) is 1. The summed E-state index contributed by atoms with van der Waals surface area (Å²) >= 11 is 0. The number of nitrogens with zero attached hydrogens (tertiary/aromatic N) is 1. The van der Waals surface area contributed by atoms with Gasteiger partial charge in [0.1, 0.15) is 0 Å². The minimum atomic E-state index is -0.298. The lowest BCUT2D eigenvalue weighted by Gasteiger charge is -2.21. The van der Waals surface area contributed by atoms with Crippen LogP contribution in [-0.2, 0) is 0 Å². The van der Waals surface area contributed by atoms with Crippen LogP contribution in [0.1, 0.15) is 31.4 Å². The topological polar surface area (TPSA) is 24.5 Å². The van der Waals surface area contributed by atoms with Crippen molar-refractivity contribution in [3.05, 3.63) is 29.6 Å². The summed E-state index contributed by atoms with van der Waals surface area (Å²) in [6.45, 7) is 4.03. The quantitative estimate of drug-likeness (QED) is 0.784.